The Hall–Kier alpha value is -1.83. The number of amides is 1. The van der Waals surface area contributed by atoms with Crippen molar-refractivity contribution in [1.29, 1.82) is 0 Å². The molecule has 2 saturated carbocycles. The molecule has 166 valence electrons. The lowest BCUT2D eigenvalue weighted by atomic mass is 9.74. The van der Waals surface area contributed by atoms with Gasteiger partial charge in [-0.05, 0) is 62.8 Å². The zero-order valence-corrected chi connectivity index (χ0v) is 18.6. The van der Waals surface area contributed by atoms with Gasteiger partial charge in [-0.1, -0.05) is 43.2 Å². The monoisotopic (exact) mass is 420 g/mol. The van der Waals surface area contributed by atoms with E-state index in [9.17, 15) is 9.90 Å². The molecule has 4 fully saturated rings. The Morgan fingerprint density at radius 3 is 2.39 bits per heavy atom. The number of hydrogen-bond acceptors (Lipinski definition) is 3. The summed E-state index contributed by atoms with van der Waals surface area (Å²) in [6.45, 7) is 2.91. The van der Waals surface area contributed by atoms with Crippen molar-refractivity contribution in [1.82, 2.24) is 9.80 Å². The standard InChI is InChI=1S/C27H36N2O2/c30-19-25-26(22-14-12-21(13-15-22)11-10-20-6-1-2-7-20)24-18-28(16-3-4-17-29(24)25)27(31)23-8-5-9-23/h12-15,20,23-26,30H,1-9,16-19H2/t24-,25+,26+/m0/s1. The van der Waals surface area contributed by atoms with Crippen molar-refractivity contribution in [2.24, 2.45) is 11.8 Å². The van der Waals surface area contributed by atoms with E-state index in [1.54, 1.807) is 0 Å². The molecule has 0 radical (unpaired) electrons. The summed E-state index contributed by atoms with van der Waals surface area (Å²) in [6, 6.07) is 9.19. The van der Waals surface area contributed by atoms with E-state index < -0.39 is 0 Å². The van der Waals surface area contributed by atoms with E-state index in [0.29, 0.717) is 17.9 Å². The van der Waals surface area contributed by atoms with Crippen LogP contribution in [0.2, 0.25) is 0 Å². The van der Waals surface area contributed by atoms with Gasteiger partial charge in [0, 0.05) is 48.5 Å². The van der Waals surface area contributed by atoms with Crippen LogP contribution < -0.4 is 0 Å². The summed E-state index contributed by atoms with van der Waals surface area (Å²) in [7, 11) is 0. The minimum Gasteiger partial charge on any atom is -0.395 e. The predicted octanol–water partition coefficient (Wildman–Crippen LogP) is 3.78. The van der Waals surface area contributed by atoms with Crippen LogP contribution in [-0.4, -0.2) is 59.1 Å². The van der Waals surface area contributed by atoms with Crippen molar-refractivity contribution >= 4 is 5.91 Å². The molecule has 4 heteroatoms. The molecule has 1 amide bonds. The molecule has 2 aliphatic heterocycles. The van der Waals surface area contributed by atoms with Crippen molar-refractivity contribution < 1.29 is 9.90 Å². The largest absolute Gasteiger partial charge is 0.395 e. The van der Waals surface area contributed by atoms with E-state index in [-0.39, 0.29) is 24.5 Å². The van der Waals surface area contributed by atoms with E-state index in [0.717, 1.165) is 50.9 Å². The topological polar surface area (TPSA) is 43.8 Å². The quantitative estimate of drug-likeness (QED) is 0.757. The van der Waals surface area contributed by atoms with Gasteiger partial charge in [-0.2, -0.15) is 0 Å². The van der Waals surface area contributed by atoms with Crippen LogP contribution >= 0.6 is 0 Å². The minimum absolute atomic E-state index is 0.166. The highest BCUT2D eigenvalue weighted by Gasteiger charge is 2.49. The third-order valence-electron chi connectivity index (χ3n) is 8.21. The summed E-state index contributed by atoms with van der Waals surface area (Å²) in [6.07, 6.45) is 10.6. The Labute approximate surface area is 187 Å². The van der Waals surface area contributed by atoms with Crippen molar-refractivity contribution in [2.75, 3.05) is 26.2 Å². The van der Waals surface area contributed by atoms with E-state index in [1.807, 2.05) is 0 Å². The van der Waals surface area contributed by atoms with Crippen LogP contribution in [0, 0.1) is 23.7 Å². The maximum atomic E-state index is 13.0. The van der Waals surface area contributed by atoms with Gasteiger partial charge in [0.25, 0.3) is 0 Å². The minimum atomic E-state index is 0.166. The SMILES string of the molecule is O=C(C1CCC1)N1CCCCN2[C@H](CO)[C@H](c3ccc(C#CC4CCCC4)cc3)[C@@H]2C1. The average molecular weight is 421 g/mol. The van der Waals surface area contributed by atoms with Crippen LogP contribution in [0.15, 0.2) is 24.3 Å². The van der Waals surface area contributed by atoms with Crippen LogP contribution in [0.25, 0.3) is 0 Å². The number of carbonyl (C=O) groups excluding carboxylic acids is 1. The van der Waals surface area contributed by atoms with Crippen molar-refractivity contribution in [3.05, 3.63) is 35.4 Å². The van der Waals surface area contributed by atoms with Crippen LogP contribution in [0.1, 0.15) is 74.8 Å². The summed E-state index contributed by atoms with van der Waals surface area (Å²) in [5.74, 6) is 8.32. The number of rotatable bonds is 3. The number of hydrogen-bond donors (Lipinski definition) is 1. The van der Waals surface area contributed by atoms with Gasteiger partial charge >= 0.3 is 0 Å². The molecular formula is C27H36N2O2. The normalized spacial score (nSPS) is 29.7. The Morgan fingerprint density at radius 2 is 1.71 bits per heavy atom. The van der Waals surface area contributed by atoms with E-state index in [2.05, 4.69) is 45.9 Å². The maximum Gasteiger partial charge on any atom is 0.225 e. The first-order chi connectivity index (χ1) is 15.2. The van der Waals surface area contributed by atoms with Crippen LogP contribution in [0.4, 0.5) is 0 Å². The molecule has 1 N–H and O–H groups in total. The van der Waals surface area contributed by atoms with Gasteiger partial charge in [-0.3, -0.25) is 9.69 Å². The highest BCUT2D eigenvalue weighted by Crippen LogP contribution is 2.42. The lowest BCUT2D eigenvalue weighted by Crippen LogP contribution is -2.68. The van der Waals surface area contributed by atoms with E-state index >= 15 is 0 Å². The summed E-state index contributed by atoms with van der Waals surface area (Å²) in [5, 5.41) is 10.1. The molecule has 0 aromatic heterocycles. The number of benzene rings is 1. The van der Waals surface area contributed by atoms with Crippen LogP contribution in [0.3, 0.4) is 0 Å². The lowest BCUT2D eigenvalue weighted by molar-refractivity contribution is -0.143. The molecule has 2 aliphatic carbocycles. The van der Waals surface area contributed by atoms with Gasteiger partial charge in [0.05, 0.1) is 6.61 Å². The van der Waals surface area contributed by atoms with E-state index in [4.69, 9.17) is 0 Å². The molecule has 4 aliphatic rings. The van der Waals surface area contributed by atoms with Gasteiger partial charge < -0.3 is 10.0 Å². The highest BCUT2D eigenvalue weighted by atomic mass is 16.3. The maximum absolute atomic E-state index is 13.0. The Balaban J connectivity index is 1.31. The number of aliphatic hydroxyl groups is 1. The molecule has 2 saturated heterocycles. The van der Waals surface area contributed by atoms with Gasteiger partial charge in [0.15, 0.2) is 0 Å². The predicted molar refractivity (Wildman–Crippen MR) is 123 cm³/mol. The number of fused-ring (bicyclic) bond motifs is 1. The molecule has 0 bridgehead atoms. The fourth-order valence-corrected chi connectivity index (χ4v) is 6.10. The lowest BCUT2D eigenvalue weighted by Gasteiger charge is -2.57. The van der Waals surface area contributed by atoms with E-state index in [1.165, 1.54) is 37.7 Å². The number of nitrogens with zero attached hydrogens (tertiary/aromatic N) is 2. The van der Waals surface area contributed by atoms with Crippen LogP contribution in [0.5, 0.6) is 0 Å². The van der Waals surface area contributed by atoms with Gasteiger partial charge in [0.1, 0.15) is 0 Å². The average Bonchev–Trinajstić information content (AvgIpc) is 3.24. The summed E-state index contributed by atoms with van der Waals surface area (Å²) in [4.78, 5) is 17.6. The summed E-state index contributed by atoms with van der Waals surface area (Å²) < 4.78 is 0. The molecule has 31 heavy (non-hydrogen) atoms. The first kappa shape index (κ1) is 21.0. The second kappa shape index (κ2) is 9.35. The smallest absolute Gasteiger partial charge is 0.225 e. The third kappa shape index (κ3) is 4.28. The number of carbonyl (C=O) groups is 1. The summed E-state index contributed by atoms with van der Waals surface area (Å²) in [5.41, 5.74) is 2.37. The van der Waals surface area contributed by atoms with Crippen LogP contribution in [-0.2, 0) is 4.79 Å². The second-order valence-electron chi connectivity index (χ2n) is 10.1. The zero-order valence-electron chi connectivity index (χ0n) is 18.6. The Kier molecular flexibility index (Phi) is 6.34. The second-order valence-corrected chi connectivity index (χ2v) is 10.1. The van der Waals surface area contributed by atoms with Crippen molar-refractivity contribution in [3.63, 3.8) is 0 Å². The molecule has 0 spiro atoms. The Bertz CT molecular complexity index is 829. The van der Waals surface area contributed by atoms with Gasteiger partial charge in [-0.15, -0.1) is 0 Å². The fourth-order valence-electron chi connectivity index (χ4n) is 6.10. The first-order valence-electron chi connectivity index (χ1n) is 12.5. The molecule has 5 rings (SSSR count). The zero-order chi connectivity index (χ0) is 21.2. The van der Waals surface area contributed by atoms with Gasteiger partial charge in [0.2, 0.25) is 5.91 Å². The molecular weight excluding hydrogens is 384 g/mol. The van der Waals surface area contributed by atoms with Gasteiger partial charge in [-0.25, -0.2) is 0 Å². The summed E-state index contributed by atoms with van der Waals surface area (Å²) >= 11 is 0. The first-order valence-corrected chi connectivity index (χ1v) is 12.5. The molecule has 3 atom stereocenters. The van der Waals surface area contributed by atoms with Crippen molar-refractivity contribution in [2.45, 2.75) is 75.8 Å². The fraction of sp³-hybridized carbons (Fsp3) is 0.667. The Morgan fingerprint density at radius 1 is 0.968 bits per heavy atom. The highest BCUT2D eigenvalue weighted by molar-refractivity contribution is 5.79. The van der Waals surface area contributed by atoms with Crippen molar-refractivity contribution in [3.8, 4) is 11.8 Å². The molecule has 1 aromatic carbocycles. The molecule has 4 nitrogen and oxygen atoms in total. The third-order valence-corrected chi connectivity index (χ3v) is 8.21. The molecule has 0 unspecified atom stereocenters. The number of aliphatic hydroxyl groups excluding tert-OH is 1. The molecule has 1 aromatic rings. The molecule has 2 heterocycles.